The highest BCUT2D eigenvalue weighted by Gasteiger charge is 2.08. The van der Waals surface area contributed by atoms with E-state index in [0.717, 1.165) is 22.3 Å². The number of nitrogens with zero attached hydrogens (tertiary/aromatic N) is 3. The van der Waals surface area contributed by atoms with Crippen LogP contribution < -0.4 is 4.74 Å². The molecule has 0 spiro atoms. The average molecular weight is 275 g/mol. The highest BCUT2D eigenvalue weighted by Crippen LogP contribution is 2.19. The first-order chi connectivity index (χ1) is 10.3. The van der Waals surface area contributed by atoms with Crippen molar-refractivity contribution >= 4 is 11.0 Å². The second-order valence-electron chi connectivity index (χ2n) is 4.66. The van der Waals surface area contributed by atoms with Gasteiger partial charge in [-0.15, -0.1) is 0 Å². The molecule has 0 saturated heterocycles. The van der Waals surface area contributed by atoms with E-state index in [9.17, 15) is 0 Å². The standard InChI is InChI=1S/C17H13N3O/c1-12-17(20-16-9-5-4-8-15(16)19-12)21-11-14-7-3-2-6-13(14)10-18/h2-9H,11H2,1H3. The van der Waals surface area contributed by atoms with E-state index in [0.29, 0.717) is 18.1 Å². The summed E-state index contributed by atoms with van der Waals surface area (Å²) in [6.45, 7) is 2.17. The Morgan fingerprint density at radius 3 is 2.43 bits per heavy atom. The van der Waals surface area contributed by atoms with Gasteiger partial charge in [-0.3, -0.25) is 0 Å². The van der Waals surface area contributed by atoms with Gasteiger partial charge in [0.05, 0.1) is 22.7 Å². The Morgan fingerprint density at radius 2 is 1.67 bits per heavy atom. The number of hydrogen-bond acceptors (Lipinski definition) is 4. The number of aryl methyl sites for hydroxylation is 1. The molecule has 4 nitrogen and oxygen atoms in total. The maximum atomic E-state index is 9.08. The predicted octanol–water partition coefficient (Wildman–Crippen LogP) is 3.39. The maximum Gasteiger partial charge on any atom is 0.236 e. The van der Waals surface area contributed by atoms with E-state index in [-0.39, 0.29) is 0 Å². The number of benzene rings is 2. The largest absolute Gasteiger partial charge is 0.471 e. The fraction of sp³-hybridized carbons (Fsp3) is 0.118. The quantitative estimate of drug-likeness (QED) is 0.735. The molecule has 0 unspecified atom stereocenters. The number of aromatic nitrogens is 2. The third-order valence-electron chi connectivity index (χ3n) is 3.20. The Hall–Kier alpha value is -2.93. The molecule has 3 aromatic rings. The van der Waals surface area contributed by atoms with Crippen LogP contribution in [0.4, 0.5) is 0 Å². The van der Waals surface area contributed by atoms with Crippen LogP contribution >= 0.6 is 0 Å². The fourth-order valence-electron chi connectivity index (χ4n) is 2.11. The molecule has 102 valence electrons. The van der Waals surface area contributed by atoms with Crippen molar-refractivity contribution in [3.05, 3.63) is 65.4 Å². The summed E-state index contributed by atoms with van der Waals surface area (Å²) < 4.78 is 5.75. The van der Waals surface area contributed by atoms with Crippen LogP contribution in [-0.4, -0.2) is 9.97 Å². The molecule has 4 heteroatoms. The molecule has 0 aliphatic carbocycles. The van der Waals surface area contributed by atoms with Crippen molar-refractivity contribution in [1.29, 1.82) is 5.26 Å². The lowest BCUT2D eigenvalue weighted by molar-refractivity contribution is 0.291. The molecule has 0 aliphatic heterocycles. The summed E-state index contributed by atoms with van der Waals surface area (Å²) in [7, 11) is 0. The zero-order valence-corrected chi connectivity index (χ0v) is 11.6. The Morgan fingerprint density at radius 1 is 1.00 bits per heavy atom. The van der Waals surface area contributed by atoms with Crippen molar-refractivity contribution in [3.8, 4) is 11.9 Å². The van der Waals surface area contributed by atoms with E-state index in [1.807, 2.05) is 49.4 Å². The zero-order valence-electron chi connectivity index (χ0n) is 11.6. The molecule has 3 rings (SSSR count). The minimum Gasteiger partial charge on any atom is -0.471 e. The summed E-state index contributed by atoms with van der Waals surface area (Å²) in [6.07, 6.45) is 0. The second-order valence-corrected chi connectivity index (χ2v) is 4.66. The number of nitriles is 1. The summed E-state index contributed by atoms with van der Waals surface area (Å²) in [5.41, 5.74) is 3.84. The van der Waals surface area contributed by atoms with Gasteiger partial charge in [0, 0.05) is 5.56 Å². The average Bonchev–Trinajstić information content (AvgIpc) is 2.53. The molecule has 0 radical (unpaired) electrons. The van der Waals surface area contributed by atoms with Crippen LogP contribution in [0.5, 0.6) is 5.88 Å². The summed E-state index contributed by atoms with van der Waals surface area (Å²) in [5, 5.41) is 9.08. The first-order valence-electron chi connectivity index (χ1n) is 6.62. The predicted molar refractivity (Wildman–Crippen MR) is 79.8 cm³/mol. The third-order valence-corrected chi connectivity index (χ3v) is 3.20. The molecule has 0 amide bonds. The van der Waals surface area contributed by atoms with E-state index in [2.05, 4.69) is 16.0 Å². The molecular formula is C17H13N3O. The van der Waals surface area contributed by atoms with Gasteiger partial charge < -0.3 is 4.74 Å². The third kappa shape index (κ3) is 2.67. The van der Waals surface area contributed by atoms with Crippen molar-refractivity contribution in [2.45, 2.75) is 13.5 Å². The molecule has 0 atom stereocenters. The topological polar surface area (TPSA) is 58.8 Å². The first kappa shape index (κ1) is 13.1. The Kier molecular flexibility index (Phi) is 3.48. The molecule has 21 heavy (non-hydrogen) atoms. The monoisotopic (exact) mass is 275 g/mol. The van der Waals surface area contributed by atoms with Crippen molar-refractivity contribution < 1.29 is 4.74 Å². The van der Waals surface area contributed by atoms with Crippen molar-refractivity contribution in [3.63, 3.8) is 0 Å². The molecular weight excluding hydrogens is 262 g/mol. The van der Waals surface area contributed by atoms with Gasteiger partial charge >= 0.3 is 0 Å². The van der Waals surface area contributed by atoms with Crippen molar-refractivity contribution in [2.75, 3.05) is 0 Å². The molecule has 0 bridgehead atoms. The van der Waals surface area contributed by atoms with E-state index < -0.39 is 0 Å². The molecule has 0 aliphatic rings. The van der Waals surface area contributed by atoms with Crippen LogP contribution in [0.15, 0.2) is 48.5 Å². The van der Waals surface area contributed by atoms with Gasteiger partial charge in [-0.25, -0.2) is 9.97 Å². The molecule has 2 aromatic carbocycles. The normalized spacial score (nSPS) is 10.3. The van der Waals surface area contributed by atoms with Gasteiger partial charge in [-0.1, -0.05) is 30.3 Å². The number of fused-ring (bicyclic) bond motifs is 1. The minimum absolute atomic E-state index is 0.303. The van der Waals surface area contributed by atoms with Crippen LogP contribution in [0.25, 0.3) is 11.0 Å². The molecule has 0 saturated carbocycles. The number of hydrogen-bond donors (Lipinski definition) is 0. The number of ether oxygens (including phenoxy) is 1. The van der Waals surface area contributed by atoms with Crippen LogP contribution in [0.2, 0.25) is 0 Å². The molecule has 1 aromatic heterocycles. The lowest BCUT2D eigenvalue weighted by Gasteiger charge is -2.09. The lowest BCUT2D eigenvalue weighted by atomic mass is 10.1. The first-order valence-corrected chi connectivity index (χ1v) is 6.62. The maximum absolute atomic E-state index is 9.08. The Bertz CT molecular complexity index is 837. The van der Waals surface area contributed by atoms with Gasteiger partial charge in [0.1, 0.15) is 12.3 Å². The Balaban J connectivity index is 1.88. The highest BCUT2D eigenvalue weighted by molar-refractivity contribution is 5.74. The minimum atomic E-state index is 0.303. The Labute approximate surface area is 122 Å². The summed E-state index contributed by atoms with van der Waals surface area (Å²) >= 11 is 0. The van der Waals surface area contributed by atoms with Crippen molar-refractivity contribution in [2.24, 2.45) is 0 Å². The molecule has 0 fully saturated rings. The van der Waals surface area contributed by atoms with Gasteiger partial charge in [-0.2, -0.15) is 5.26 Å². The summed E-state index contributed by atoms with van der Waals surface area (Å²) in [4.78, 5) is 8.96. The van der Waals surface area contributed by atoms with Crippen LogP contribution in [-0.2, 0) is 6.61 Å². The van der Waals surface area contributed by atoms with Crippen molar-refractivity contribution in [1.82, 2.24) is 9.97 Å². The summed E-state index contributed by atoms with van der Waals surface area (Å²) in [5.74, 6) is 0.501. The van der Waals surface area contributed by atoms with Gasteiger partial charge in [0.15, 0.2) is 0 Å². The number of para-hydroxylation sites is 2. The van der Waals surface area contributed by atoms with Crippen LogP contribution in [0.1, 0.15) is 16.8 Å². The van der Waals surface area contributed by atoms with Gasteiger partial charge in [0.2, 0.25) is 5.88 Å². The highest BCUT2D eigenvalue weighted by atomic mass is 16.5. The molecule has 0 N–H and O–H groups in total. The lowest BCUT2D eigenvalue weighted by Crippen LogP contribution is -2.02. The zero-order chi connectivity index (χ0) is 14.7. The molecule has 1 heterocycles. The van der Waals surface area contributed by atoms with Crippen LogP contribution in [0.3, 0.4) is 0 Å². The van der Waals surface area contributed by atoms with Crippen LogP contribution in [0, 0.1) is 18.3 Å². The van der Waals surface area contributed by atoms with Gasteiger partial charge in [0.25, 0.3) is 0 Å². The van der Waals surface area contributed by atoms with E-state index in [1.165, 1.54) is 0 Å². The second kappa shape index (κ2) is 5.59. The number of rotatable bonds is 3. The smallest absolute Gasteiger partial charge is 0.236 e. The fourth-order valence-corrected chi connectivity index (χ4v) is 2.11. The van der Waals surface area contributed by atoms with E-state index in [1.54, 1.807) is 6.07 Å². The SMILES string of the molecule is Cc1nc2ccccc2nc1OCc1ccccc1C#N. The summed E-state index contributed by atoms with van der Waals surface area (Å²) in [6, 6.07) is 17.2. The van der Waals surface area contributed by atoms with E-state index in [4.69, 9.17) is 10.00 Å². The van der Waals surface area contributed by atoms with E-state index >= 15 is 0 Å². The van der Waals surface area contributed by atoms with Gasteiger partial charge in [-0.05, 0) is 25.1 Å².